The number of anilines is 1. The van der Waals surface area contributed by atoms with Crippen LogP contribution >= 0.6 is 0 Å². The van der Waals surface area contributed by atoms with Crippen molar-refractivity contribution in [1.82, 2.24) is 4.90 Å². The van der Waals surface area contributed by atoms with Crippen LogP contribution in [0.1, 0.15) is 25.0 Å². The molecule has 0 aromatic heterocycles. The molecule has 0 saturated heterocycles. The number of amides is 1. The van der Waals surface area contributed by atoms with E-state index >= 15 is 0 Å². The lowest BCUT2D eigenvalue weighted by Gasteiger charge is -2.24. The predicted octanol–water partition coefficient (Wildman–Crippen LogP) is 3.73. The molecular weight excluding hydrogens is 328 g/mol. The molecule has 0 bridgehead atoms. The molecule has 1 N–H and O–H groups in total. The largest absolute Gasteiger partial charge is 0.493 e. The molecule has 0 aliphatic heterocycles. The van der Waals surface area contributed by atoms with Crippen LogP contribution in [0.2, 0.25) is 0 Å². The van der Waals surface area contributed by atoms with Crippen LogP contribution in [0.15, 0.2) is 42.5 Å². The van der Waals surface area contributed by atoms with Crippen LogP contribution in [0.5, 0.6) is 11.5 Å². The smallest absolute Gasteiger partial charge is 0.241 e. The fourth-order valence-electron chi connectivity index (χ4n) is 2.67. The Morgan fingerprint density at radius 1 is 1.04 bits per heavy atom. The molecule has 0 saturated carbocycles. The molecule has 0 aliphatic rings. The maximum Gasteiger partial charge on any atom is 0.241 e. The summed E-state index contributed by atoms with van der Waals surface area (Å²) in [5, 5.41) is 2.98. The van der Waals surface area contributed by atoms with Gasteiger partial charge >= 0.3 is 0 Å². The second-order valence-corrected chi connectivity index (χ2v) is 6.32. The van der Waals surface area contributed by atoms with Crippen molar-refractivity contribution >= 4 is 11.6 Å². The lowest BCUT2D eigenvalue weighted by molar-refractivity contribution is -0.120. The van der Waals surface area contributed by atoms with Gasteiger partial charge in [0, 0.05) is 12.2 Å². The molecule has 2 rings (SSSR count). The Bertz CT molecular complexity index is 729. The number of carbonyl (C=O) groups excluding carboxylic acids is 1. The maximum absolute atomic E-state index is 12.5. The van der Waals surface area contributed by atoms with E-state index in [9.17, 15) is 4.79 Å². The average Bonchev–Trinajstić information content (AvgIpc) is 2.67. The molecule has 5 heteroatoms. The topological polar surface area (TPSA) is 50.8 Å². The highest BCUT2D eigenvalue weighted by molar-refractivity contribution is 5.94. The summed E-state index contributed by atoms with van der Waals surface area (Å²) in [5.41, 5.74) is 3.12. The van der Waals surface area contributed by atoms with Crippen LogP contribution in [0.4, 0.5) is 5.69 Å². The van der Waals surface area contributed by atoms with Crippen molar-refractivity contribution in [2.24, 2.45) is 0 Å². The first-order valence-electron chi connectivity index (χ1n) is 8.79. The quantitative estimate of drug-likeness (QED) is 0.783. The molecule has 0 radical (unpaired) electrons. The van der Waals surface area contributed by atoms with Gasteiger partial charge in [0.2, 0.25) is 5.91 Å². The van der Waals surface area contributed by atoms with E-state index in [0.717, 1.165) is 17.7 Å². The Morgan fingerprint density at radius 2 is 1.65 bits per heavy atom. The minimum Gasteiger partial charge on any atom is -0.493 e. The van der Waals surface area contributed by atoms with Crippen molar-refractivity contribution in [3.8, 4) is 11.5 Å². The van der Waals surface area contributed by atoms with Crippen LogP contribution in [0, 0.1) is 0 Å². The summed E-state index contributed by atoms with van der Waals surface area (Å²) in [6.45, 7) is 4.64. The van der Waals surface area contributed by atoms with E-state index < -0.39 is 0 Å². The summed E-state index contributed by atoms with van der Waals surface area (Å²) in [6.07, 6.45) is 0.985. The van der Waals surface area contributed by atoms with Crippen molar-refractivity contribution in [2.45, 2.75) is 32.9 Å². The zero-order valence-electron chi connectivity index (χ0n) is 16.2. The number of rotatable bonds is 8. The van der Waals surface area contributed by atoms with Gasteiger partial charge in [0.05, 0.1) is 20.3 Å². The summed E-state index contributed by atoms with van der Waals surface area (Å²) in [6, 6.07) is 13.5. The molecule has 0 fully saturated rings. The van der Waals surface area contributed by atoms with Crippen molar-refractivity contribution in [2.75, 3.05) is 26.6 Å². The van der Waals surface area contributed by atoms with E-state index in [2.05, 4.69) is 12.2 Å². The molecule has 5 nitrogen and oxygen atoms in total. The Morgan fingerprint density at radius 3 is 2.23 bits per heavy atom. The van der Waals surface area contributed by atoms with Crippen molar-refractivity contribution in [1.29, 1.82) is 0 Å². The van der Waals surface area contributed by atoms with Crippen LogP contribution in [0.25, 0.3) is 0 Å². The van der Waals surface area contributed by atoms with Gasteiger partial charge in [0.15, 0.2) is 11.5 Å². The molecule has 2 aromatic rings. The fourth-order valence-corrected chi connectivity index (χ4v) is 2.67. The van der Waals surface area contributed by atoms with Crippen molar-refractivity contribution in [3.63, 3.8) is 0 Å². The van der Waals surface area contributed by atoms with Gasteiger partial charge in [-0.05, 0) is 55.8 Å². The molecule has 0 spiro atoms. The molecule has 140 valence electrons. The van der Waals surface area contributed by atoms with Gasteiger partial charge in [0.25, 0.3) is 0 Å². The van der Waals surface area contributed by atoms with Gasteiger partial charge < -0.3 is 14.8 Å². The number of ether oxygens (including phenoxy) is 2. The van der Waals surface area contributed by atoms with E-state index in [4.69, 9.17) is 9.47 Å². The first kappa shape index (κ1) is 19.8. The van der Waals surface area contributed by atoms with E-state index in [1.54, 1.807) is 14.2 Å². The Labute approximate surface area is 155 Å². The second kappa shape index (κ2) is 9.25. The lowest BCUT2D eigenvalue weighted by atomic mass is 10.1. The molecule has 0 heterocycles. The number of carbonyl (C=O) groups is 1. The van der Waals surface area contributed by atoms with Gasteiger partial charge in [0.1, 0.15) is 0 Å². The minimum absolute atomic E-state index is 0.0303. The summed E-state index contributed by atoms with van der Waals surface area (Å²) in [4.78, 5) is 14.5. The highest BCUT2D eigenvalue weighted by Crippen LogP contribution is 2.28. The standard InChI is InChI=1S/C21H28N2O3/c1-6-16-7-10-18(11-8-16)22-21(24)15(2)23(3)14-17-9-12-19(25-4)20(13-17)26-5/h7-13,15H,6,14H2,1-5H3,(H,22,24). The maximum atomic E-state index is 12.5. The van der Waals surface area contributed by atoms with E-state index in [1.165, 1.54) is 5.56 Å². The van der Waals surface area contributed by atoms with Gasteiger partial charge in [-0.2, -0.15) is 0 Å². The number of methoxy groups -OCH3 is 2. The number of nitrogens with one attached hydrogen (secondary N) is 1. The highest BCUT2D eigenvalue weighted by atomic mass is 16.5. The zero-order valence-corrected chi connectivity index (χ0v) is 16.2. The number of hydrogen-bond acceptors (Lipinski definition) is 4. The minimum atomic E-state index is -0.269. The average molecular weight is 356 g/mol. The normalized spacial score (nSPS) is 11.9. The molecule has 2 aromatic carbocycles. The first-order chi connectivity index (χ1) is 12.5. The van der Waals surface area contributed by atoms with E-state index in [1.807, 2.05) is 61.3 Å². The van der Waals surface area contributed by atoms with Crippen molar-refractivity contribution in [3.05, 3.63) is 53.6 Å². The number of hydrogen-bond donors (Lipinski definition) is 1. The van der Waals surface area contributed by atoms with Gasteiger partial charge in [-0.3, -0.25) is 9.69 Å². The molecular formula is C21H28N2O3. The molecule has 0 aliphatic carbocycles. The Hall–Kier alpha value is -2.53. The number of benzene rings is 2. The molecule has 1 unspecified atom stereocenters. The van der Waals surface area contributed by atoms with Crippen LogP contribution in [0.3, 0.4) is 0 Å². The van der Waals surface area contributed by atoms with Crippen molar-refractivity contribution < 1.29 is 14.3 Å². The number of likely N-dealkylation sites (N-methyl/N-ethyl adjacent to an activating group) is 1. The van der Waals surface area contributed by atoms with Crippen LogP contribution in [-0.2, 0) is 17.8 Å². The lowest BCUT2D eigenvalue weighted by Crippen LogP contribution is -2.39. The Balaban J connectivity index is 1.99. The predicted molar refractivity (Wildman–Crippen MR) is 105 cm³/mol. The Kier molecular flexibility index (Phi) is 7.04. The van der Waals surface area contributed by atoms with Gasteiger partial charge in [-0.25, -0.2) is 0 Å². The monoisotopic (exact) mass is 356 g/mol. The summed E-state index contributed by atoms with van der Waals surface area (Å²) in [5.74, 6) is 1.35. The SMILES string of the molecule is CCc1ccc(NC(=O)C(C)N(C)Cc2ccc(OC)c(OC)c2)cc1. The van der Waals surface area contributed by atoms with E-state index in [-0.39, 0.29) is 11.9 Å². The van der Waals surface area contributed by atoms with E-state index in [0.29, 0.717) is 18.0 Å². The number of aryl methyl sites for hydroxylation is 1. The van der Waals surface area contributed by atoms with Crippen LogP contribution in [-0.4, -0.2) is 38.1 Å². The highest BCUT2D eigenvalue weighted by Gasteiger charge is 2.19. The second-order valence-electron chi connectivity index (χ2n) is 6.32. The fraction of sp³-hybridized carbons (Fsp3) is 0.381. The third-order valence-corrected chi connectivity index (χ3v) is 4.55. The third-order valence-electron chi connectivity index (χ3n) is 4.55. The third kappa shape index (κ3) is 4.99. The zero-order chi connectivity index (χ0) is 19.1. The van der Waals surface area contributed by atoms with Crippen LogP contribution < -0.4 is 14.8 Å². The number of nitrogens with zero attached hydrogens (tertiary/aromatic N) is 1. The molecule has 1 amide bonds. The first-order valence-corrected chi connectivity index (χ1v) is 8.79. The molecule has 26 heavy (non-hydrogen) atoms. The summed E-state index contributed by atoms with van der Waals surface area (Å²) >= 11 is 0. The molecule has 1 atom stereocenters. The summed E-state index contributed by atoms with van der Waals surface area (Å²) < 4.78 is 10.6. The van der Waals surface area contributed by atoms with Gasteiger partial charge in [-0.1, -0.05) is 25.1 Å². The summed E-state index contributed by atoms with van der Waals surface area (Å²) in [7, 11) is 5.16. The van der Waals surface area contributed by atoms with Gasteiger partial charge in [-0.15, -0.1) is 0 Å².